The first-order valence-corrected chi connectivity index (χ1v) is 10.7. The Morgan fingerprint density at radius 3 is 2.24 bits per heavy atom. The zero-order valence-corrected chi connectivity index (χ0v) is 18.6. The molecule has 8 nitrogen and oxygen atoms in total. The molecule has 0 aliphatic heterocycles. The molecular weight excluding hydrogens is 430 g/mol. The standard InChI is InChI=1S/C26H25N5O3/c1-16-2-8-19(9-3-16)26(34)29-20-10-4-17(5-11-20)14-22-23(24(27)33)25(31-30-22)28-15-18-6-12-21(32)13-7-18/h2-13,32H,14-15H2,1H3,(H2,27,33)(H,29,34)(H2,28,30,31). The van der Waals surface area contributed by atoms with Gasteiger partial charge in [0.25, 0.3) is 11.8 Å². The molecule has 2 amide bonds. The topological polar surface area (TPSA) is 133 Å². The van der Waals surface area contributed by atoms with Crippen LogP contribution >= 0.6 is 0 Å². The summed E-state index contributed by atoms with van der Waals surface area (Å²) in [7, 11) is 0. The maximum absolute atomic E-state index is 12.4. The minimum atomic E-state index is -0.584. The molecule has 0 radical (unpaired) electrons. The number of primary amides is 1. The molecular formula is C26H25N5O3. The van der Waals surface area contributed by atoms with Gasteiger partial charge in [-0.3, -0.25) is 14.7 Å². The van der Waals surface area contributed by atoms with E-state index in [4.69, 9.17) is 5.73 Å². The molecule has 1 heterocycles. The molecule has 6 N–H and O–H groups in total. The molecule has 0 fully saturated rings. The molecule has 34 heavy (non-hydrogen) atoms. The van der Waals surface area contributed by atoms with Gasteiger partial charge in [0.2, 0.25) is 0 Å². The molecule has 172 valence electrons. The Balaban J connectivity index is 1.42. The van der Waals surface area contributed by atoms with E-state index in [1.54, 1.807) is 36.4 Å². The quantitative estimate of drug-likeness (QED) is 0.274. The Labute approximate surface area is 196 Å². The van der Waals surface area contributed by atoms with Crippen LogP contribution < -0.4 is 16.4 Å². The monoisotopic (exact) mass is 455 g/mol. The summed E-state index contributed by atoms with van der Waals surface area (Å²) in [5.41, 5.74) is 10.7. The first-order valence-electron chi connectivity index (χ1n) is 10.7. The third-order valence-electron chi connectivity index (χ3n) is 5.39. The Morgan fingerprint density at radius 1 is 0.941 bits per heavy atom. The normalized spacial score (nSPS) is 10.6. The van der Waals surface area contributed by atoms with Crippen molar-refractivity contribution >= 4 is 23.3 Å². The van der Waals surface area contributed by atoms with Crippen LogP contribution in [0.4, 0.5) is 11.5 Å². The molecule has 0 spiro atoms. The Bertz CT molecular complexity index is 1290. The lowest BCUT2D eigenvalue weighted by molar-refractivity contribution is 0.0997. The third kappa shape index (κ3) is 5.42. The molecule has 4 rings (SSSR count). The van der Waals surface area contributed by atoms with E-state index in [1.165, 1.54) is 0 Å². The number of hydrogen-bond acceptors (Lipinski definition) is 5. The number of phenolic OH excluding ortho intramolecular Hbond substituents is 1. The summed E-state index contributed by atoms with van der Waals surface area (Å²) < 4.78 is 0. The second-order valence-corrected chi connectivity index (χ2v) is 8.00. The van der Waals surface area contributed by atoms with Gasteiger partial charge >= 0.3 is 0 Å². The number of aromatic hydroxyl groups is 1. The largest absolute Gasteiger partial charge is 0.508 e. The highest BCUT2D eigenvalue weighted by Crippen LogP contribution is 2.21. The van der Waals surface area contributed by atoms with Gasteiger partial charge in [-0.2, -0.15) is 5.10 Å². The van der Waals surface area contributed by atoms with Gasteiger partial charge < -0.3 is 21.5 Å². The number of aryl methyl sites for hydroxylation is 1. The Kier molecular flexibility index (Phi) is 6.59. The number of aromatic nitrogens is 2. The number of carbonyl (C=O) groups is 2. The fraction of sp³-hybridized carbons (Fsp3) is 0.115. The molecule has 0 saturated heterocycles. The van der Waals surface area contributed by atoms with Crippen LogP contribution in [0.1, 0.15) is 43.1 Å². The van der Waals surface area contributed by atoms with Crippen molar-refractivity contribution in [2.45, 2.75) is 19.9 Å². The van der Waals surface area contributed by atoms with E-state index in [0.717, 1.165) is 16.7 Å². The second kappa shape index (κ2) is 9.91. The fourth-order valence-electron chi connectivity index (χ4n) is 3.52. The van der Waals surface area contributed by atoms with Crippen LogP contribution in [0.5, 0.6) is 5.75 Å². The molecule has 4 aromatic rings. The third-order valence-corrected chi connectivity index (χ3v) is 5.39. The molecule has 3 aromatic carbocycles. The van der Waals surface area contributed by atoms with E-state index in [0.29, 0.717) is 41.3 Å². The van der Waals surface area contributed by atoms with E-state index in [-0.39, 0.29) is 11.7 Å². The number of benzene rings is 3. The van der Waals surface area contributed by atoms with Crippen molar-refractivity contribution in [2.24, 2.45) is 5.73 Å². The average Bonchev–Trinajstić information content (AvgIpc) is 3.23. The highest BCUT2D eigenvalue weighted by molar-refractivity contribution is 6.04. The van der Waals surface area contributed by atoms with Crippen LogP contribution in [-0.4, -0.2) is 27.1 Å². The maximum Gasteiger partial charge on any atom is 0.255 e. The van der Waals surface area contributed by atoms with Crippen LogP contribution in [0, 0.1) is 6.92 Å². The Hall–Kier alpha value is -4.59. The van der Waals surface area contributed by atoms with E-state index >= 15 is 0 Å². The fourth-order valence-corrected chi connectivity index (χ4v) is 3.52. The number of H-pyrrole nitrogens is 1. The molecule has 8 heteroatoms. The minimum Gasteiger partial charge on any atom is -0.508 e. The number of anilines is 2. The lowest BCUT2D eigenvalue weighted by Gasteiger charge is -2.08. The number of nitrogens with one attached hydrogen (secondary N) is 3. The van der Waals surface area contributed by atoms with Crippen molar-refractivity contribution in [3.05, 3.63) is 106 Å². The number of aromatic amines is 1. The van der Waals surface area contributed by atoms with Crippen LogP contribution in [0.3, 0.4) is 0 Å². The second-order valence-electron chi connectivity index (χ2n) is 8.00. The van der Waals surface area contributed by atoms with E-state index in [2.05, 4.69) is 20.8 Å². The smallest absolute Gasteiger partial charge is 0.255 e. The van der Waals surface area contributed by atoms with E-state index < -0.39 is 5.91 Å². The molecule has 0 saturated carbocycles. The molecule has 1 aromatic heterocycles. The van der Waals surface area contributed by atoms with Gasteiger partial charge in [-0.15, -0.1) is 0 Å². The van der Waals surface area contributed by atoms with Crippen molar-refractivity contribution in [1.82, 2.24) is 10.2 Å². The van der Waals surface area contributed by atoms with Gasteiger partial charge in [0.1, 0.15) is 11.3 Å². The van der Waals surface area contributed by atoms with Gasteiger partial charge in [0, 0.05) is 24.2 Å². The lowest BCUT2D eigenvalue weighted by atomic mass is 10.1. The van der Waals surface area contributed by atoms with Crippen molar-refractivity contribution in [2.75, 3.05) is 10.6 Å². The van der Waals surface area contributed by atoms with Crippen molar-refractivity contribution in [1.29, 1.82) is 0 Å². The molecule has 0 bridgehead atoms. The summed E-state index contributed by atoms with van der Waals surface area (Å²) in [6, 6.07) is 21.5. The predicted molar refractivity (Wildman–Crippen MR) is 131 cm³/mol. The van der Waals surface area contributed by atoms with Crippen LogP contribution in [0.2, 0.25) is 0 Å². The molecule has 0 unspecified atom stereocenters. The van der Waals surface area contributed by atoms with E-state index in [1.807, 2.05) is 43.3 Å². The number of phenols is 1. The number of rotatable bonds is 8. The first-order chi connectivity index (χ1) is 16.4. The van der Waals surface area contributed by atoms with Crippen molar-refractivity contribution in [3.8, 4) is 5.75 Å². The summed E-state index contributed by atoms with van der Waals surface area (Å²) in [6.45, 7) is 2.39. The first kappa shape index (κ1) is 22.6. The summed E-state index contributed by atoms with van der Waals surface area (Å²) >= 11 is 0. The molecule has 0 aliphatic carbocycles. The van der Waals surface area contributed by atoms with Crippen LogP contribution in [-0.2, 0) is 13.0 Å². The molecule has 0 aliphatic rings. The summed E-state index contributed by atoms with van der Waals surface area (Å²) in [5, 5.41) is 22.5. The van der Waals surface area contributed by atoms with E-state index in [9.17, 15) is 14.7 Å². The number of nitrogens with zero attached hydrogens (tertiary/aromatic N) is 1. The highest BCUT2D eigenvalue weighted by atomic mass is 16.3. The van der Waals surface area contributed by atoms with Crippen LogP contribution in [0.15, 0.2) is 72.8 Å². The van der Waals surface area contributed by atoms with Crippen molar-refractivity contribution in [3.63, 3.8) is 0 Å². The zero-order valence-electron chi connectivity index (χ0n) is 18.6. The maximum atomic E-state index is 12.4. The summed E-state index contributed by atoms with van der Waals surface area (Å²) in [6.07, 6.45) is 0.415. The zero-order chi connectivity index (χ0) is 24.1. The summed E-state index contributed by atoms with van der Waals surface area (Å²) in [4.78, 5) is 24.5. The van der Waals surface area contributed by atoms with Gasteiger partial charge in [-0.1, -0.05) is 42.0 Å². The van der Waals surface area contributed by atoms with Gasteiger partial charge in [0.15, 0.2) is 5.82 Å². The van der Waals surface area contributed by atoms with Crippen LogP contribution in [0.25, 0.3) is 0 Å². The Morgan fingerprint density at radius 2 is 1.59 bits per heavy atom. The number of carbonyl (C=O) groups excluding carboxylic acids is 2. The SMILES string of the molecule is Cc1ccc(C(=O)Nc2ccc(Cc3[nH]nc(NCc4ccc(O)cc4)c3C(N)=O)cc2)cc1. The minimum absolute atomic E-state index is 0.179. The molecule has 0 atom stereocenters. The number of amides is 2. The summed E-state index contributed by atoms with van der Waals surface area (Å²) in [5.74, 6) is -0.206. The average molecular weight is 456 g/mol. The number of hydrogen-bond donors (Lipinski definition) is 5. The van der Waals surface area contributed by atoms with Gasteiger partial charge in [-0.05, 0) is 54.4 Å². The lowest BCUT2D eigenvalue weighted by Crippen LogP contribution is -2.15. The predicted octanol–water partition coefficient (Wildman–Crippen LogP) is 3.98. The highest BCUT2D eigenvalue weighted by Gasteiger charge is 2.18. The number of nitrogens with two attached hydrogens (primary N) is 1. The van der Waals surface area contributed by atoms with Gasteiger partial charge in [0.05, 0.1) is 5.69 Å². The van der Waals surface area contributed by atoms with Gasteiger partial charge in [-0.25, -0.2) is 0 Å². The van der Waals surface area contributed by atoms with Crippen molar-refractivity contribution < 1.29 is 14.7 Å².